The van der Waals surface area contributed by atoms with Gasteiger partial charge in [-0.05, 0) is 84.9 Å². The van der Waals surface area contributed by atoms with Gasteiger partial charge in [0.2, 0.25) is 0 Å². The molecule has 0 saturated carbocycles. The highest BCUT2D eigenvalue weighted by atomic mass is 32.1. The minimum atomic E-state index is 0.876. The maximum atomic E-state index is 4.68. The number of unbranched alkanes of at least 4 members (excludes halogenated alkanes) is 3. The number of thiocarbonyl (C=S) groups is 1. The highest BCUT2D eigenvalue weighted by Gasteiger charge is 2.09. The van der Waals surface area contributed by atoms with Crippen molar-refractivity contribution < 1.29 is 0 Å². The van der Waals surface area contributed by atoms with Gasteiger partial charge in [0.05, 0.1) is 10.8 Å². The number of benzene rings is 2. The van der Waals surface area contributed by atoms with Crippen LogP contribution >= 0.6 is 12.2 Å². The lowest BCUT2D eigenvalue weighted by atomic mass is 9.92. The third-order valence-electron chi connectivity index (χ3n) is 4.94. The number of nitrogens with zero attached hydrogens (tertiary/aromatic N) is 1. The molecule has 1 aliphatic rings. The summed E-state index contributed by atoms with van der Waals surface area (Å²) < 4.78 is 0. The molecule has 1 aliphatic carbocycles. The molecular formula is C25H25NS. The molecule has 27 heavy (non-hydrogen) atoms. The molecule has 0 atom stereocenters. The van der Waals surface area contributed by atoms with Crippen LogP contribution in [0.5, 0.6) is 0 Å². The third kappa shape index (κ3) is 5.76. The van der Waals surface area contributed by atoms with Crippen molar-refractivity contribution in [1.82, 2.24) is 0 Å². The Kier molecular flexibility index (Phi) is 7.17. The van der Waals surface area contributed by atoms with E-state index in [-0.39, 0.29) is 0 Å². The quantitative estimate of drug-likeness (QED) is 0.232. The van der Waals surface area contributed by atoms with Gasteiger partial charge >= 0.3 is 0 Å². The normalized spacial score (nSPS) is 12.3. The fourth-order valence-electron chi connectivity index (χ4n) is 3.36. The maximum absolute atomic E-state index is 4.68. The van der Waals surface area contributed by atoms with Gasteiger partial charge in [0.1, 0.15) is 0 Å². The molecule has 136 valence electrons. The van der Waals surface area contributed by atoms with E-state index in [1.54, 1.807) is 0 Å². The van der Waals surface area contributed by atoms with Gasteiger partial charge in [-0.1, -0.05) is 56.2 Å². The van der Waals surface area contributed by atoms with E-state index in [4.69, 9.17) is 0 Å². The molecule has 0 fully saturated rings. The SMILES string of the molecule is CCCCCCc1ccc(C#CC2=Cc3ccc(N=C=S)cc3CC2)cc1. The van der Waals surface area contributed by atoms with Crippen LogP contribution in [0.1, 0.15) is 61.3 Å². The van der Waals surface area contributed by atoms with Crippen molar-refractivity contribution in [3.05, 3.63) is 70.3 Å². The topological polar surface area (TPSA) is 12.4 Å². The first-order valence-corrected chi connectivity index (χ1v) is 10.2. The molecule has 1 nitrogen and oxygen atoms in total. The third-order valence-corrected chi connectivity index (χ3v) is 5.03. The van der Waals surface area contributed by atoms with Crippen molar-refractivity contribution >= 4 is 29.1 Å². The Morgan fingerprint density at radius 3 is 2.59 bits per heavy atom. The van der Waals surface area contributed by atoms with Crippen molar-refractivity contribution in [2.75, 3.05) is 0 Å². The molecule has 0 bridgehead atoms. The molecule has 0 radical (unpaired) electrons. The van der Waals surface area contributed by atoms with Gasteiger partial charge in [-0.2, -0.15) is 4.99 Å². The molecule has 0 unspecified atom stereocenters. The zero-order valence-electron chi connectivity index (χ0n) is 15.9. The standard InChI is InChI=1S/C25H25NS/c1-2-3-4-5-6-20-7-9-21(10-8-20)11-12-22-13-14-24-18-25(26-19-27)16-15-23(24)17-22/h7-10,15-18H,2-6,13-14H2,1H3. The lowest BCUT2D eigenvalue weighted by molar-refractivity contribution is 0.667. The van der Waals surface area contributed by atoms with Crippen LogP contribution in [-0.4, -0.2) is 5.16 Å². The summed E-state index contributed by atoms with van der Waals surface area (Å²) in [6.07, 6.45) is 10.6. The second-order valence-corrected chi connectivity index (χ2v) is 7.20. The Hall–Kier alpha value is -2.46. The van der Waals surface area contributed by atoms with E-state index >= 15 is 0 Å². The van der Waals surface area contributed by atoms with E-state index in [1.807, 2.05) is 6.07 Å². The Morgan fingerprint density at radius 1 is 0.963 bits per heavy atom. The van der Waals surface area contributed by atoms with Crippen LogP contribution in [0, 0.1) is 11.8 Å². The fraction of sp³-hybridized carbons (Fsp3) is 0.320. The van der Waals surface area contributed by atoms with Gasteiger partial charge in [0.15, 0.2) is 0 Å². The molecule has 0 aromatic heterocycles. The Morgan fingerprint density at radius 2 is 1.81 bits per heavy atom. The van der Waals surface area contributed by atoms with E-state index < -0.39 is 0 Å². The second kappa shape index (κ2) is 10.0. The fourth-order valence-corrected chi connectivity index (χ4v) is 3.47. The van der Waals surface area contributed by atoms with E-state index in [2.05, 4.69) is 83.6 Å². The van der Waals surface area contributed by atoms with Gasteiger partial charge in [-0.25, -0.2) is 0 Å². The first-order valence-electron chi connectivity index (χ1n) is 9.81. The summed E-state index contributed by atoms with van der Waals surface area (Å²) in [7, 11) is 0. The smallest absolute Gasteiger partial charge is 0.0742 e. The van der Waals surface area contributed by atoms with E-state index in [0.717, 1.165) is 24.1 Å². The summed E-state index contributed by atoms with van der Waals surface area (Å²) in [6.45, 7) is 2.25. The zero-order valence-corrected chi connectivity index (χ0v) is 16.7. The van der Waals surface area contributed by atoms with Gasteiger partial charge in [0.25, 0.3) is 0 Å². The van der Waals surface area contributed by atoms with Crippen LogP contribution in [0.25, 0.3) is 6.08 Å². The van der Waals surface area contributed by atoms with Crippen molar-refractivity contribution in [3.63, 3.8) is 0 Å². The molecule has 2 aromatic carbocycles. The average Bonchev–Trinajstić information content (AvgIpc) is 2.71. The number of allylic oxidation sites excluding steroid dienone is 1. The number of fused-ring (bicyclic) bond motifs is 1. The van der Waals surface area contributed by atoms with Gasteiger partial charge in [-0.3, -0.25) is 0 Å². The molecule has 0 amide bonds. The summed E-state index contributed by atoms with van der Waals surface area (Å²) in [5.41, 5.74) is 7.11. The lowest BCUT2D eigenvalue weighted by Gasteiger charge is -2.13. The van der Waals surface area contributed by atoms with Crippen molar-refractivity contribution in [2.24, 2.45) is 4.99 Å². The van der Waals surface area contributed by atoms with Gasteiger partial charge in [-0.15, -0.1) is 0 Å². The van der Waals surface area contributed by atoms with Crippen LogP contribution in [0.3, 0.4) is 0 Å². The largest absolute Gasteiger partial charge is 0.195 e. The predicted octanol–water partition coefficient (Wildman–Crippen LogP) is 6.93. The van der Waals surface area contributed by atoms with Crippen LogP contribution in [0.2, 0.25) is 0 Å². The van der Waals surface area contributed by atoms with E-state index in [0.29, 0.717) is 0 Å². The number of aryl methyl sites for hydroxylation is 2. The molecule has 0 heterocycles. The Labute approximate surface area is 168 Å². The number of hydrogen-bond donors (Lipinski definition) is 0. The van der Waals surface area contributed by atoms with Crippen LogP contribution in [0.15, 0.2) is 53.0 Å². The molecule has 0 spiro atoms. The van der Waals surface area contributed by atoms with Gasteiger partial charge in [0, 0.05) is 11.1 Å². The van der Waals surface area contributed by atoms with Crippen LogP contribution in [0.4, 0.5) is 5.69 Å². The molecule has 2 aromatic rings. The van der Waals surface area contributed by atoms with Crippen molar-refractivity contribution in [2.45, 2.75) is 51.9 Å². The summed E-state index contributed by atoms with van der Waals surface area (Å²) in [5, 5.41) is 2.43. The summed E-state index contributed by atoms with van der Waals surface area (Å²) in [6, 6.07) is 14.9. The monoisotopic (exact) mass is 371 g/mol. The highest BCUT2D eigenvalue weighted by molar-refractivity contribution is 7.78. The predicted molar refractivity (Wildman–Crippen MR) is 119 cm³/mol. The van der Waals surface area contributed by atoms with E-state index in [9.17, 15) is 0 Å². The lowest BCUT2D eigenvalue weighted by Crippen LogP contribution is -1.97. The summed E-state index contributed by atoms with van der Waals surface area (Å²) in [4.78, 5) is 4.06. The minimum absolute atomic E-state index is 0.876. The van der Waals surface area contributed by atoms with Crippen molar-refractivity contribution in [1.29, 1.82) is 0 Å². The number of hydrogen-bond acceptors (Lipinski definition) is 2. The molecule has 0 aliphatic heterocycles. The van der Waals surface area contributed by atoms with Crippen LogP contribution in [-0.2, 0) is 12.8 Å². The Balaban J connectivity index is 1.64. The molecule has 0 saturated heterocycles. The molecule has 2 heteroatoms. The molecule has 3 rings (SSSR count). The molecule has 0 N–H and O–H groups in total. The average molecular weight is 372 g/mol. The van der Waals surface area contributed by atoms with E-state index in [1.165, 1.54) is 54.4 Å². The highest BCUT2D eigenvalue weighted by Crippen LogP contribution is 2.27. The second-order valence-electron chi connectivity index (χ2n) is 7.01. The summed E-state index contributed by atoms with van der Waals surface area (Å²) in [5.74, 6) is 6.68. The summed E-state index contributed by atoms with van der Waals surface area (Å²) >= 11 is 4.68. The van der Waals surface area contributed by atoms with Crippen LogP contribution < -0.4 is 0 Å². The Bertz CT molecular complexity index is 919. The first kappa shape index (κ1) is 19.3. The zero-order chi connectivity index (χ0) is 18.9. The number of aliphatic imine (C=N–C) groups is 1. The first-order chi connectivity index (χ1) is 13.3. The minimum Gasteiger partial charge on any atom is -0.195 e. The maximum Gasteiger partial charge on any atom is 0.0742 e. The number of rotatable bonds is 6. The molecular weight excluding hydrogens is 346 g/mol. The van der Waals surface area contributed by atoms with Crippen molar-refractivity contribution in [3.8, 4) is 11.8 Å². The van der Waals surface area contributed by atoms with Gasteiger partial charge < -0.3 is 0 Å². The number of isothiocyanates is 1.